The highest BCUT2D eigenvalue weighted by atomic mass is 16.6. The average Bonchev–Trinajstić information content (AvgIpc) is 3.09. The smallest absolute Gasteiger partial charge is 0.292 e. The van der Waals surface area contributed by atoms with Gasteiger partial charge >= 0.3 is 0 Å². The second-order valence-corrected chi connectivity index (χ2v) is 7.49. The molecule has 0 unspecified atom stereocenters. The van der Waals surface area contributed by atoms with Crippen LogP contribution in [0.15, 0.2) is 35.8 Å². The van der Waals surface area contributed by atoms with Crippen molar-refractivity contribution in [3.05, 3.63) is 47.0 Å². The molecule has 27 heavy (non-hydrogen) atoms. The molecule has 0 atom stereocenters. The molecule has 1 fully saturated rings. The van der Waals surface area contributed by atoms with Gasteiger partial charge in [0.2, 0.25) is 5.76 Å². The molecule has 1 aromatic heterocycles. The number of para-hydroxylation sites is 1. The largest absolute Gasteiger partial charge is 0.491 e. The van der Waals surface area contributed by atoms with Crippen molar-refractivity contribution in [2.45, 2.75) is 31.8 Å². The van der Waals surface area contributed by atoms with Crippen LogP contribution in [0.3, 0.4) is 0 Å². The molecule has 1 N–H and O–H groups in total. The Morgan fingerprint density at radius 1 is 1.11 bits per heavy atom. The van der Waals surface area contributed by atoms with E-state index in [0.717, 1.165) is 25.9 Å². The number of H-pyrrole nitrogens is 1. The van der Waals surface area contributed by atoms with Crippen molar-refractivity contribution in [1.82, 2.24) is 9.88 Å². The first-order chi connectivity index (χ1) is 13.2. The molecule has 3 aliphatic rings. The summed E-state index contributed by atoms with van der Waals surface area (Å²) in [7, 11) is 0. The van der Waals surface area contributed by atoms with E-state index in [1.165, 1.54) is 22.2 Å². The highest BCUT2D eigenvalue weighted by Gasteiger charge is 2.44. The summed E-state index contributed by atoms with van der Waals surface area (Å²) < 4.78 is 17.4. The molecular weight excluding hydrogens is 344 g/mol. The van der Waals surface area contributed by atoms with Gasteiger partial charge in [-0.2, -0.15) is 0 Å². The van der Waals surface area contributed by atoms with E-state index in [9.17, 15) is 4.79 Å². The molecule has 1 amide bonds. The van der Waals surface area contributed by atoms with Crippen molar-refractivity contribution in [1.29, 1.82) is 0 Å². The number of nitrogens with one attached hydrogen (secondary N) is 1. The lowest BCUT2D eigenvalue weighted by molar-refractivity contribution is -0.142. The summed E-state index contributed by atoms with van der Waals surface area (Å²) >= 11 is 0. The van der Waals surface area contributed by atoms with Crippen molar-refractivity contribution >= 4 is 16.8 Å². The monoisotopic (exact) mass is 368 g/mol. The Hall–Kier alpha value is -2.47. The summed E-state index contributed by atoms with van der Waals surface area (Å²) in [6.07, 6.45) is 2.50. The highest BCUT2D eigenvalue weighted by Crippen LogP contribution is 2.43. The van der Waals surface area contributed by atoms with E-state index in [2.05, 4.69) is 29.2 Å². The Labute approximate surface area is 158 Å². The topological polar surface area (TPSA) is 63.8 Å². The number of amides is 1. The molecular formula is C21H24N2O4. The van der Waals surface area contributed by atoms with Crippen molar-refractivity contribution < 1.29 is 19.0 Å². The number of hydrogen-bond donors (Lipinski definition) is 1. The Bertz CT molecular complexity index is 921. The summed E-state index contributed by atoms with van der Waals surface area (Å²) in [6.45, 7) is 4.74. The van der Waals surface area contributed by atoms with Crippen molar-refractivity contribution in [2.24, 2.45) is 0 Å². The Kier molecular flexibility index (Phi) is 3.90. The fourth-order valence-corrected chi connectivity index (χ4v) is 4.60. The Balaban J connectivity index is 1.40. The van der Waals surface area contributed by atoms with Gasteiger partial charge in [-0.1, -0.05) is 18.2 Å². The molecule has 1 aromatic carbocycles. The van der Waals surface area contributed by atoms with Crippen molar-refractivity contribution in [3.8, 4) is 0 Å². The van der Waals surface area contributed by atoms with Crippen LogP contribution in [0, 0.1) is 0 Å². The standard InChI is InChI=1S/C21H24N2O4/c1-14-18(26-13-12-25-14)20(24)23-9-7-21(8-10-23)19-16(6-11-27-21)15-4-2-3-5-17(15)22-19/h2-5,22H,6-13H2,1H3. The molecule has 1 spiro atoms. The zero-order chi connectivity index (χ0) is 18.4. The fraction of sp³-hybridized carbons (Fsp3) is 0.476. The van der Waals surface area contributed by atoms with Crippen LogP contribution in [0.2, 0.25) is 0 Å². The van der Waals surface area contributed by atoms with Gasteiger partial charge in [-0.3, -0.25) is 4.79 Å². The summed E-state index contributed by atoms with van der Waals surface area (Å²) in [5.41, 5.74) is 3.42. The normalized spacial score (nSPS) is 21.7. The first-order valence-electron chi connectivity index (χ1n) is 9.68. The number of aromatic nitrogens is 1. The van der Waals surface area contributed by atoms with Crippen LogP contribution in [-0.2, 0) is 31.0 Å². The van der Waals surface area contributed by atoms with Gasteiger partial charge in [0.25, 0.3) is 5.91 Å². The highest BCUT2D eigenvalue weighted by molar-refractivity contribution is 5.92. The number of likely N-dealkylation sites (tertiary alicyclic amines) is 1. The van der Waals surface area contributed by atoms with Gasteiger partial charge < -0.3 is 24.1 Å². The molecule has 1 saturated heterocycles. The summed E-state index contributed by atoms with van der Waals surface area (Å²) in [5.74, 6) is 0.862. The van der Waals surface area contributed by atoms with Gasteiger partial charge in [-0.05, 0) is 37.8 Å². The maximum absolute atomic E-state index is 12.8. The van der Waals surface area contributed by atoms with E-state index in [-0.39, 0.29) is 11.5 Å². The van der Waals surface area contributed by atoms with Gasteiger partial charge in [0.1, 0.15) is 24.6 Å². The van der Waals surface area contributed by atoms with E-state index in [1.807, 2.05) is 4.90 Å². The second kappa shape index (κ2) is 6.30. The minimum Gasteiger partial charge on any atom is -0.491 e. The van der Waals surface area contributed by atoms with Gasteiger partial charge in [0, 0.05) is 24.0 Å². The fourth-order valence-electron chi connectivity index (χ4n) is 4.60. The van der Waals surface area contributed by atoms with Crippen LogP contribution in [0.5, 0.6) is 0 Å². The number of fused-ring (bicyclic) bond motifs is 4. The van der Waals surface area contributed by atoms with Crippen molar-refractivity contribution in [3.63, 3.8) is 0 Å². The van der Waals surface area contributed by atoms with Crippen LogP contribution < -0.4 is 0 Å². The number of nitrogens with zero attached hydrogens (tertiary/aromatic N) is 1. The molecule has 3 aliphatic heterocycles. The molecule has 6 nitrogen and oxygen atoms in total. The lowest BCUT2D eigenvalue weighted by Crippen LogP contribution is -2.49. The summed E-state index contributed by atoms with van der Waals surface area (Å²) in [5, 5.41) is 1.29. The van der Waals surface area contributed by atoms with E-state index in [4.69, 9.17) is 14.2 Å². The molecule has 0 radical (unpaired) electrons. The number of benzene rings is 1. The SMILES string of the molecule is CC1=C(C(=O)N2CCC3(CC2)OCCc2c3[nH]c3ccccc23)OCCO1. The zero-order valence-electron chi connectivity index (χ0n) is 15.5. The van der Waals surface area contributed by atoms with Gasteiger partial charge in [0.05, 0.1) is 12.3 Å². The van der Waals surface area contributed by atoms with Gasteiger partial charge in [0.15, 0.2) is 0 Å². The zero-order valence-corrected chi connectivity index (χ0v) is 15.5. The number of piperidine rings is 1. The third-order valence-electron chi connectivity index (χ3n) is 6.02. The van der Waals surface area contributed by atoms with Gasteiger partial charge in [-0.15, -0.1) is 0 Å². The third-order valence-corrected chi connectivity index (χ3v) is 6.02. The quantitative estimate of drug-likeness (QED) is 0.841. The van der Waals surface area contributed by atoms with Crippen LogP contribution in [0.4, 0.5) is 0 Å². The van der Waals surface area contributed by atoms with E-state index in [1.54, 1.807) is 6.92 Å². The molecule has 0 saturated carbocycles. The maximum atomic E-state index is 12.8. The van der Waals surface area contributed by atoms with Crippen LogP contribution in [0.25, 0.3) is 10.9 Å². The number of aromatic amines is 1. The first kappa shape index (κ1) is 16.7. The van der Waals surface area contributed by atoms with E-state index < -0.39 is 0 Å². The third kappa shape index (κ3) is 2.62. The first-order valence-corrected chi connectivity index (χ1v) is 9.68. The molecule has 4 heterocycles. The lowest BCUT2D eigenvalue weighted by atomic mass is 9.83. The molecule has 2 aromatic rings. The summed E-state index contributed by atoms with van der Waals surface area (Å²) in [4.78, 5) is 18.3. The minimum atomic E-state index is -0.323. The molecule has 6 heteroatoms. The van der Waals surface area contributed by atoms with Gasteiger partial charge in [-0.25, -0.2) is 0 Å². The molecule has 142 valence electrons. The Morgan fingerprint density at radius 2 is 1.89 bits per heavy atom. The predicted molar refractivity (Wildman–Crippen MR) is 100 cm³/mol. The number of carbonyl (C=O) groups excluding carboxylic acids is 1. The van der Waals surface area contributed by atoms with Crippen LogP contribution in [-0.4, -0.2) is 48.7 Å². The molecule has 0 bridgehead atoms. The summed E-state index contributed by atoms with van der Waals surface area (Å²) in [6, 6.07) is 8.44. The molecule has 5 rings (SSSR count). The van der Waals surface area contributed by atoms with E-state index in [0.29, 0.717) is 37.8 Å². The van der Waals surface area contributed by atoms with Crippen LogP contribution >= 0.6 is 0 Å². The Morgan fingerprint density at radius 3 is 2.70 bits per heavy atom. The predicted octanol–water partition coefficient (Wildman–Crippen LogP) is 2.84. The second-order valence-electron chi connectivity index (χ2n) is 7.49. The van der Waals surface area contributed by atoms with Crippen molar-refractivity contribution in [2.75, 3.05) is 32.9 Å². The number of rotatable bonds is 1. The molecule has 0 aliphatic carbocycles. The number of carbonyl (C=O) groups is 1. The number of ether oxygens (including phenoxy) is 3. The van der Waals surface area contributed by atoms with E-state index >= 15 is 0 Å². The number of allylic oxidation sites excluding steroid dienone is 1. The lowest BCUT2D eigenvalue weighted by Gasteiger charge is -2.44. The van der Waals surface area contributed by atoms with Crippen LogP contribution in [0.1, 0.15) is 31.0 Å². The minimum absolute atomic E-state index is 0.0743. The number of hydrogen-bond acceptors (Lipinski definition) is 4. The maximum Gasteiger partial charge on any atom is 0.292 e. The average molecular weight is 368 g/mol.